The van der Waals surface area contributed by atoms with Gasteiger partial charge in [-0.25, -0.2) is 5.43 Å². The van der Waals surface area contributed by atoms with E-state index in [9.17, 15) is 9.90 Å². The van der Waals surface area contributed by atoms with Crippen LogP contribution in [0.5, 0.6) is 17.2 Å². The van der Waals surface area contributed by atoms with Gasteiger partial charge in [0.15, 0.2) is 17.6 Å². The zero-order valence-corrected chi connectivity index (χ0v) is 14.8. The van der Waals surface area contributed by atoms with E-state index in [1.165, 1.54) is 13.3 Å². The first-order valence-electron chi connectivity index (χ1n) is 8.10. The zero-order valence-electron chi connectivity index (χ0n) is 14.8. The van der Waals surface area contributed by atoms with Crippen LogP contribution in [0.3, 0.4) is 0 Å². The number of phenols is 1. The van der Waals surface area contributed by atoms with E-state index >= 15 is 0 Å². The largest absolute Gasteiger partial charge is 0.504 e. The molecule has 0 saturated heterocycles. The number of nitrogens with one attached hydrogen (secondary N) is 1. The van der Waals surface area contributed by atoms with Gasteiger partial charge in [-0.2, -0.15) is 5.10 Å². The second-order valence-electron chi connectivity index (χ2n) is 5.53. The van der Waals surface area contributed by atoms with Gasteiger partial charge in [-0.1, -0.05) is 24.3 Å². The zero-order chi connectivity index (χ0) is 18.9. The Labute approximate surface area is 152 Å². The van der Waals surface area contributed by atoms with Crippen molar-refractivity contribution in [2.24, 2.45) is 5.10 Å². The number of allylic oxidation sites excluding steroid dienone is 1. The third-order valence-corrected chi connectivity index (χ3v) is 3.57. The summed E-state index contributed by atoms with van der Waals surface area (Å²) in [7, 11) is 1.47. The van der Waals surface area contributed by atoms with Gasteiger partial charge in [0, 0.05) is 5.56 Å². The van der Waals surface area contributed by atoms with E-state index in [1.807, 2.05) is 18.2 Å². The number of methoxy groups -OCH3 is 1. The lowest BCUT2D eigenvalue weighted by molar-refractivity contribution is -0.127. The van der Waals surface area contributed by atoms with Crippen molar-refractivity contribution in [1.29, 1.82) is 0 Å². The fourth-order valence-corrected chi connectivity index (χ4v) is 2.25. The highest BCUT2D eigenvalue weighted by Crippen LogP contribution is 2.31. The van der Waals surface area contributed by atoms with Crippen molar-refractivity contribution in [3.8, 4) is 17.2 Å². The van der Waals surface area contributed by atoms with E-state index in [4.69, 9.17) is 9.47 Å². The number of rotatable bonds is 8. The maximum Gasteiger partial charge on any atom is 0.280 e. The number of phenolic OH excluding ortho intramolecular Hbond substituents is 1. The molecule has 2 aromatic carbocycles. The molecule has 2 N–H and O–H groups in total. The van der Waals surface area contributed by atoms with Crippen molar-refractivity contribution in [3.63, 3.8) is 0 Å². The third-order valence-electron chi connectivity index (χ3n) is 3.57. The Kier molecular flexibility index (Phi) is 6.79. The maximum atomic E-state index is 12.1. The minimum Gasteiger partial charge on any atom is -0.504 e. The van der Waals surface area contributed by atoms with Crippen LogP contribution in [-0.4, -0.2) is 30.4 Å². The molecule has 0 fully saturated rings. The van der Waals surface area contributed by atoms with Crippen LogP contribution in [-0.2, 0) is 11.2 Å². The number of hydrogen-bond acceptors (Lipinski definition) is 5. The number of hydrazone groups is 1. The van der Waals surface area contributed by atoms with E-state index < -0.39 is 6.10 Å². The second kappa shape index (κ2) is 9.27. The minimum atomic E-state index is -0.694. The number of hydrogen-bond donors (Lipinski definition) is 2. The fourth-order valence-electron chi connectivity index (χ4n) is 2.25. The molecule has 1 amide bonds. The number of nitrogens with zero attached hydrogens (tertiary/aromatic N) is 1. The van der Waals surface area contributed by atoms with Crippen molar-refractivity contribution in [2.75, 3.05) is 7.11 Å². The van der Waals surface area contributed by atoms with Gasteiger partial charge in [-0.3, -0.25) is 4.79 Å². The predicted octanol–water partition coefficient (Wildman–Crippen LogP) is 3.05. The molecule has 0 aliphatic carbocycles. The smallest absolute Gasteiger partial charge is 0.280 e. The Morgan fingerprint density at radius 1 is 1.35 bits per heavy atom. The monoisotopic (exact) mass is 354 g/mol. The Bertz CT molecular complexity index is 788. The first-order valence-corrected chi connectivity index (χ1v) is 8.10. The first kappa shape index (κ1) is 19.1. The van der Waals surface area contributed by atoms with Crippen LogP contribution >= 0.6 is 0 Å². The predicted molar refractivity (Wildman–Crippen MR) is 101 cm³/mol. The molecule has 0 radical (unpaired) electrons. The van der Waals surface area contributed by atoms with Gasteiger partial charge in [0.05, 0.1) is 13.3 Å². The molecule has 0 saturated carbocycles. The Hall–Kier alpha value is -3.28. The number of ether oxygens (including phenoxy) is 2. The Morgan fingerprint density at radius 3 is 2.73 bits per heavy atom. The molecule has 0 spiro atoms. The number of aromatic hydroxyl groups is 1. The molecule has 0 aromatic heterocycles. The average molecular weight is 354 g/mol. The fraction of sp³-hybridized carbons (Fsp3) is 0.200. The number of para-hydroxylation sites is 1. The van der Waals surface area contributed by atoms with E-state index in [0.717, 1.165) is 0 Å². The van der Waals surface area contributed by atoms with Gasteiger partial charge in [0.2, 0.25) is 0 Å². The van der Waals surface area contributed by atoms with Gasteiger partial charge in [-0.05, 0) is 43.2 Å². The molecule has 6 nitrogen and oxygen atoms in total. The number of amides is 1. The van der Waals surface area contributed by atoms with Crippen LogP contribution in [0.15, 0.2) is 60.2 Å². The highest BCUT2D eigenvalue weighted by Gasteiger charge is 2.14. The maximum absolute atomic E-state index is 12.1. The summed E-state index contributed by atoms with van der Waals surface area (Å²) in [5.41, 5.74) is 3.77. The van der Waals surface area contributed by atoms with Crippen LogP contribution in [0.1, 0.15) is 18.1 Å². The van der Waals surface area contributed by atoms with E-state index in [0.29, 0.717) is 29.0 Å². The summed E-state index contributed by atoms with van der Waals surface area (Å²) in [6.07, 6.45) is 2.94. The summed E-state index contributed by atoms with van der Waals surface area (Å²) in [5.74, 6) is 0.634. The number of carbonyl (C=O) groups excluding carboxylic acids is 1. The molecule has 0 aliphatic rings. The summed E-state index contributed by atoms with van der Waals surface area (Å²) < 4.78 is 10.7. The van der Waals surface area contributed by atoms with Gasteiger partial charge in [0.1, 0.15) is 5.75 Å². The minimum absolute atomic E-state index is 0.0680. The quantitative estimate of drug-likeness (QED) is 0.434. The normalized spacial score (nSPS) is 11.8. The average Bonchev–Trinajstić information content (AvgIpc) is 2.65. The molecule has 6 heteroatoms. The van der Waals surface area contributed by atoms with Crippen LogP contribution < -0.4 is 14.9 Å². The molecule has 26 heavy (non-hydrogen) atoms. The van der Waals surface area contributed by atoms with Gasteiger partial charge >= 0.3 is 0 Å². The van der Waals surface area contributed by atoms with Crippen molar-refractivity contribution >= 4 is 12.1 Å². The SMILES string of the molecule is C=CCc1cc(C=NNC(=O)C(C)Oc2ccccc2)cc(OC)c1O. The molecular weight excluding hydrogens is 332 g/mol. The third kappa shape index (κ3) is 5.11. The summed E-state index contributed by atoms with van der Waals surface area (Å²) in [6, 6.07) is 12.5. The summed E-state index contributed by atoms with van der Waals surface area (Å²) in [5, 5.41) is 14.0. The summed E-state index contributed by atoms with van der Waals surface area (Å²) in [6.45, 7) is 5.31. The summed E-state index contributed by atoms with van der Waals surface area (Å²) in [4.78, 5) is 12.1. The molecule has 2 aromatic rings. The van der Waals surface area contributed by atoms with Crippen LogP contribution in [0.4, 0.5) is 0 Å². The van der Waals surface area contributed by atoms with Crippen molar-refractivity contribution in [2.45, 2.75) is 19.4 Å². The molecule has 136 valence electrons. The number of carbonyl (C=O) groups is 1. The standard InChI is InChI=1S/C20H22N2O4/c1-4-8-16-11-15(12-18(25-3)19(16)23)13-21-22-20(24)14(2)26-17-9-6-5-7-10-17/h4-7,9-14,23H,1,8H2,2-3H3,(H,22,24). The van der Waals surface area contributed by atoms with Crippen LogP contribution in [0.25, 0.3) is 0 Å². The lowest BCUT2D eigenvalue weighted by Gasteiger charge is -2.12. The molecule has 0 heterocycles. The topological polar surface area (TPSA) is 80.2 Å². The van der Waals surface area contributed by atoms with E-state index in [1.54, 1.807) is 37.3 Å². The summed E-state index contributed by atoms with van der Waals surface area (Å²) >= 11 is 0. The van der Waals surface area contributed by atoms with Gasteiger partial charge < -0.3 is 14.6 Å². The van der Waals surface area contributed by atoms with Gasteiger partial charge in [0.25, 0.3) is 5.91 Å². The Balaban J connectivity index is 2.01. The van der Waals surface area contributed by atoms with Crippen molar-refractivity contribution in [1.82, 2.24) is 5.43 Å². The molecular formula is C20H22N2O4. The molecule has 0 aliphatic heterocycles. The van der Waals surface area contributed by atoms with E-state index in [2.05, 4.69) is 17.1 Å². The number of benzene rings is 2. The van der Waals surface area contributed by atoms with Gasteiger partial charge in [-0.15, -0.1) is 6.58 Å². The van der Waals surface area contributed by atoms with Crippen LogP contribution in [0.2, 0.25) is 0 Å². The first-order chi connectivity index (χ1) is 12.5. The van der Waals surface area contributed by atoms with Crippen molar-refractivity contribution < 1.29 is 19.4 Å². The molecule has 1 atom stereocenters. The molecule has 2 rings (SSSR count). The van der Waals surface area contributed by atoms with Crippen LogP contribution in [0, 0.1) is 0 Å². The molecule has 1 unspecified atom stereocenters. The highest BCUT2D eigenvalue weighted by atomic mass is 16.5. The second-order valence-corrected chi connectivity index (χ2v) is 5.53. The van der Waals surface area contributed by atoms with Crippen molar-refractivity contribution in [3.05, 3.63) is 66.2 Å². The van der Waals surface area contributed by atoms with E-state index in [-0.39, 0.29) is 11.7 Å². The molecule has 0 bridgehead atoms. The highest BCUT2D eigenvalue weighted by molar-refractivity contribution is 5.85. The lowest BCUT2D eigenvalue weighted by atomic mass is 10.1. The Morgan fingerprint density at radius 2 is 2.08 bits per heavy atom. The lowest BCUT2D eigenvalue weighted by Crippen LogP contribution is -2.33.